The maximum atomic E-state index is 12.8. The van der Waals surface area contributed by atoms with Gasteiger partial charge in [0.2, 0.25) is 10.0 Å². The Balaban J connectivity index is 1.39. The zero-order valence-corrected chi connectivity index (χ0v) is 15.3. The van der Waals surface area contributed by atoms with Crippen molar-refractivity contribution in [3.63, 3.8) is 0 Å². The standard InChI is InChI=1S/C18H25NO5S/c1-22-15-3-2-4-17(9-15)25(20,21)19-12-18(13-19)10-16(7-8-24-18)23-11-14-5-6-14/h2-4,9,14,16H,5-8,10-13H2,1H3/t16-/m1/s1. The molecule has 3 fully saturated rings. The molecule has 1 aromatic carbocycles. The summed E-state index contributed by atoms with van der Waals surface area (Å²) in [5.74, 6) is 1.28. The molecule has 1 saturated carbocycles. The van der Waals surface area contributed by atoms with Crippen LogP contribution in [0.15, 0.2) is 29.2 Å². The van der Waals surface area contributed by atoms with Crippen LogP contribution in [0.4, 0.5) is 0 Å². The molecule has 2 aliphatic heterocycles. The van der Waals surface area contributed by atoms with Crippen LogP contribution in [-0.2, 0) is 19.5 Å². The van der Waals surface area contributed by atoms with Gasteiger partial charge >= 0.3 is 0 Å². The molecule has 6 nitrogen and oxygen atoms in total. The highest BCUT2D eigenvalue weighted by Gasteiger charge is 2.52. The SMILES string of the molecule is COc1cccc(S(=O)(=O)N2CC3(C[C@H](OCC4CC4)CCO3)C2)c1. The zero-order chi connectivity index (χ0) is 17.5. The van der Waals surface area contributed by atoms with E-state index in [-0.39, 0.29) is 16.6 Å². The lowest BCUT2D eigenvalue weighted by Crippen LogP contribution is -2.67. The summed E-state index contributed by atoms with van der Waals surface area (Å²) in [4.78, 5) is 0.263. The first kappa shape index (κ1) is 17.3. The fraction of sp³-hybridized carbons (Fsp3) is 0.667. The molecule has 1 atom stereocenters. The van der Waals surface area contributed by atoms with Gasteiger partial charge in [-0.1, -0.05) is 6.07 Å². The Morgan fingerprint density at radius 2 is 2.08 bits per heavy atom. The molecule has 0 aromatic heterocycles. The van der Waals surface area contributed by atoms with Crippen molar-refractivity contribution in [3.8, 4) is 5.75 Å². The van der Waals surface area contributed by atoms with E-state index >= 15 is 0 Å². The molecule has 0 unspecified atom stereocenters. The van der Waals surface area contributed by atoms with Crippen molar-refractivity contribution in [1.29, 1.82) is 0 Å². The Hall–Kier alpha value is -1.15. The molecule has 138 valence electrons. The molecule has 3 aliphatic rings. The van der Waals surface area contributed by atoms with Crippen molar-refractivity contribution in [2.45, 2.75) is 42.3 Å². The van der Waals surface area contributed by atoms with Gasteiger partial charge in [-0.25, -0.2) is 8.42 Å². The van der Waals surface area contributed by atoms with Gasteiger partial charge in [-0.15, -0.1) is 0 Å². The van der Waals surface area contributed by atoms with Gasteiger partial charge in [0.25, 0.3) is 0 Å². The van der Waals surface area contributed by atoms with Crippen molar-refractivity contribution in [2.75, 3.05) is 33.4 Å². The van der Waals surface area contributed by atoms with E-state index in [2.05, 4.69) is 0 Å². The van der Waals surface area contributed by atoms with Gasteiger partial charge < -0.3 is 14.2 Å². The molecule has 0 bridgehead atoms. The van der Waals surface area contributed by atoms with Gasteiger partial charge in [-0.05, 0) is 37.3 Å². The number of hydrogen-bond acceptors (Lipinski definition) is 5. The summed E-state index contributed by atoms with van der Waals surface area (Å²) in [6.45, 7) is 2.28. The molecule has 1 aromatic rings. The number of nitrogens with zero attached hydrogens (tertiary/aromatic N) is 1. The normalized spacial score (nSPS) is 26.4. The zero-order valence-electron chi connectivity index (χ0n) is 14.5. The van der Waals surface area contributed by atoms with Gasteiger partial charge in [0.15, 0.2) is 0 Å². The molecule has 0 N–H and O–H groups in total. The number of sulfonamides is 1. The molecule has 7 heteroatoms. The van der Waals surface area contributed by atoms with E-state index < -0.39 is 10.0 Å². The summed E-state index contributed by atoms with van der Waals surface area (Å²) in [7, 11) is -1.98. The Labute approximate surface area is 149 Å². The summed E-state index contributed by atoms with van der Waals surface area (Å²) in [5.41, 5.74) is -0.377. The van der Waals surface area contributed by atoms with E-state index in [0.29, 0.717) is 25.4 Å². The van der Waals surface area contributed by atoms with Crippen LogP contribution in [0.5, 0.6) is 5.75 Å². The van der Waals surface area contributed by atoms with E-state index in [1.165, 1.54) is 24.3 Å². The summed E-state index contributed by atoms with van der Waals surface area (Å²) < 4.78 is 44.2. The summed E-state index contributed by atoms with van der Waals surface area (Å²) >= 11 is 0. The minimum absolute atomic E-state index is 0.191. The average Bonchev–Trinajstić information content (AvgIpc) is 3.42. The van der Waals surface area contributed by atoms with Crippen LogP contribution in [0.1, 0.15) is 25.7 Å². The Morgan fingerprint density at radius 3 is 2.80 bits per heavy atom. The predicted molar refractivity (Wildman–Crippen MR) is 92.1 cm³/mol. The summed E-state index contributed by atoms with van der Waals surface area (Å²) in [6.07, 6.45) is 4.43. The first-order valence-corrected chi connectivity index (χ1v) is 10.3. The molecule has 2 heterocycles. The van der Waals surface area contributed by atoms with Crippen LogP contribution in [0.3, 0.4) is 0 Å². The fourth-order valence-electron chi connectivity index (χ4n) is 3.58. The van der Waals surface area contributed by atoms with Gasteiger partial charge in [0, 0.05) is 38.8 Å². The maximum Gasteiger partial charge on any atom is 0.243 e. The summed E-state index contributed by atoms with van der Waals surface area (Å²) in [5, 5.41) is 0. The van der Waals surface area contributed by atoms with Crippen LogP contribution in [0.2, 0.25) is 0 Å². The van der Waals surface area contributed by atoms with Crippen LogP contribution >= 0.6 is 0 Å². The molecule has 0 amide bonds. The Bertz CT molecular complexity index is 725. The first-order chi connectivity index (χ1) is 12.0. The highest BCUT2D eigenvalue weighted by Crippen LogP contribution is 2.39. The number of hydrogen-bond donors (Lipinski definition) is 0. The summed E-state index contributed by atoms with van der Waals surface area (Å²) in [6, 6.07) is 6.60. The maximum absolute atomic E-state index is 12.8. The van der Waals surface area contributed by atoms with E-state index in [9.17, 15) is 8.42 Å². The van der Waals surface area contributed by atoms with Crippen molar-refractivity contribution >= 4 is 10.0 Å². The van der Waals surface area contributed by atoms with Gasteiger partial charge in [0.1, 0.15) is 5.75 Å². The second kappa shape index (κ2) is 6.54. The second-order valence-corrected chi connectivity index (χ2v) is 9.31. The van der Waals surface area contributed by atoms with E-state index in [0.717, 1.165) is 25.4 Å². The number of rotatable bonds is 6. The lowest BCUT2D eigenvalue weighted by molar-refractivity contribution is -0.179. The molecular formula is C18H25NO5S. The molecule has 1 aliphatic carbocycles. The monoisotopic (exact) mass is 367 g/mol. The minimum Gasteiger partial charge on any atom is -0.497 e. The Kier molecular flexibility index (Phi) is 4.52. The molecular weight excluding hydrogens is 342 g/mol. The first-order valence-electron chi connectivity index (χ1n) is 8.91. The lowest BCUT2D eigenvalue weighted by atomic mass is 9.86. The number of benzene rings is 1. The topological polar surface area (TPSA) is 65.1 Å². The lowest BCUT2D eigenvalue weighted by Gasteiger charge is -2.52. The van der Waals surface area contributed by atoms with E-state index in [4.69, 9.17) is 14.2 Å². The number of ether oxygens (including phenoxy) is 3. The average molecular weight is 367 g/mol. The molecule has 25 heavy (non-hydrogen) atoms. The van der Waals surface area contributed by atoms with Crippen LogP contribution in [0, 0.1) is 5.92 Å². The van der Waals surface area contributed by atoms with Gasteiger partial charge in [-0.2, -0.15) is 4.31 Å². The van der Waals surface area contributed by atoms with Crippen LogP contribution in [-0.4, -0.2) is 57.8 Å². The van der Waals surface area contributed by atoms with Crippen molar-refractivity contribution < 1.29 is 22.6 Å². The third-order valence-electron chi connectivity index (χ3n) is 5.32. The van der Waals surface area contributed by atoms with Gasteiger partial charge in [0.05, 0.1) is 23.7 Å². The highest BCUT2D eigenvalue weighted by atomic mass is 32.2. The third kappa shape index (κ3) is 3.56. The molecule has 2 saturated heterocycles. The van der Waals surface area contributed by atoms with Crippen LogP contribution < -0.4 is 4.74 Å². The Morgan fingerprint density at radius 1 is 1.28 bits per heavy atom. The quantitative estimate of drug-likeness (QED) is 0.770. The molecule has 4 rings (SSSR count). The smallest absolute Gasteiger partial charge is 0.243 e. The predicted octanol–water partition coefficient (Wildman–Crippen LogP) is 2.04. The second-order valence-electron chi connectivity index (χ2n) is 7.38. The van der Waals surface area contributed by atoms with E-state index in [1.54, 1.807) is 24.3 Å². The van der Waals surface area contributed by atoms with Gasteiger partial charge in [-0.3, -0.25) is 0 Å². The minimum atomic E-state index is -3.51. The highest BCUT2D eigenvalue weighted by molar-refractivity contribution is 7.89. The van der Waals surface area contributed by atoms with Crippen LogP contribution in [0.25, 0.3) is 0 Å². The van der Waals surface area contributed by atoms with Crippen molar-refractivity contribution in [2.24, 2.45) is 5.92 Å². The fourth-order valence-corrected chi connectivity index (χ4v) is 5.20. The third-order valence-corrected chi connectivity index (χ3v) is 7.11. The number of methoxy groups -OCH3 is 1. The molecule has 1 spiro atoms. The van der Waals surface area contributed by atoms with E-state index in [1.807, 2.05) is 0 Å². The largest absolute Gasteiger partial charge is 0.497 e. The molecule has 0 radical (unpaired) electrons. The van der Waals surface area contributed by atoms with Crippen molar-refractivity contribution in [1.82, 2.24) is 4.31 Å². The van der Waals surface area contributed by atoms with Crippen molar-refractivity contribution in [3.05, 3.63) is 24.3 Å².